The van der Waals surface area contributed by atoms with Gasteiger partial charge in [-0.3, -0.25) is 9.59 Å². The number of carbonyl (C=O) groups is 2. The minimum absolute atomic E-state index is 0.169. The molecule has 0 saturated heterocycles. The number of nitrogens with zero attached hydrogens (tertiary/aromatic N) is 1. The van der Waals surface area contributed by atoms with Gasteiger partial charge in [-0.2, -0.15) is 0 Å². The second-order valence-corrected chi connectivity index (χ2v) is 5.25. The van der Waals surface area contributed by atoms with E-state index in [9.17, 15) is 14.0 Å². The topological polar surface area (TPSA) is 84.2 Å². The largest absolute Gasteiger partial charge is 0.441 e. The number of halogens is 1. The molecule has 0 bridgehead atoms. The monoisotopic (exact) mass is 327 g/mol. The molecule has 3 rings (SSSR count). The van der Waals surface area contributed by atoms with Crippen molar-refractivity contribution in [2.45, 2.75) is 13.8 Å². The average Bonchev–Trinajstić information content (AvgIpc) is 2.88. The fourth-order valence-electron chi connectivity index (χ4n) is 2.30. The van der Waals surface area contributed by atoms with Crippen LogP contribution in [-0.4, -0.2) is 16.8 Å². The normalized spacial score (nSPS) is 10.6. The van der Waals surface area contributed by atoms with Crippen molar-refractivity contribution in [3.8, 4) is 0 Å². The fraction of sp³-hybridized carbons (Fsp3) is 0.118. The summed E-state index contributed by atoms with van der Waals surface area (Å²) in [4.78, 5) is 27.6. The van der Waals surface area contributed by atoms with Gasteiger partial charge in [0.1, 0.15) is 11.3 Å². The molecule has 0 atom stereocenters. The van der Waals surface area contributed by atoms with Gasteiger partial charge in [-0.15, -0.1) is 0 Å². The molecule has 3 aromatic rings. The van der Waals surface area contributed by atoms with Gasteiger partial charge in [-0.1, -0.05) is 0 Å². The van der Waals surface area contributed by atoms with Crippen LogP contribution in [0.15, 0.2) is 40.8 Å². The van der Waals surface area contributed by atoms with Gasteiger partial charge in [0, 0.05) is 25.2 Å². The van der Waals surface area contributed by atoms with Gasteiger partial charge in [0.15, 0.2) is 11.5 Å². The quantitative estimate of drug-likeness (QED) is 0.771. The number of benzene rings is 2. The Hall–Kier alpha value is -3.22. The first-order chi connectivity index (χ1) is 11.4. The second kappa shape index (κ2) is 6.11. The third-order valence-corrected chi connectivity index (χ3v) is 3.28. The minimum atomic E-state index is -0.681. The minimum Gasteiger partial charge on any atom is -0.441 e. The van der Waals surface area contributed by atoms with E-state index in [4.69, 9.17) is 4.42 Å². The van der Waals surface area contributed by atoms with E-state index >= 15 is 0 Å². The van der Waals surface area contributed by atoms with Crippen LogP contribution in [0.1, 0.15) is 23.2 Å². The number of hydrogen-bond acceptors (Lipinski definition) is 4. The molecule has 0 fully saturated rings. The Morgan fingerprint density at radius 1 is 1.08 bits per heavy atom. The number of anilines is 2. The van der Waals surface area contributed by atoms with E-state index in [1.807, 2.05) is 0 Å². The smallest absolute Gasteiger partial charge is 0.258 e. The van der Waals surface area contributed by atoms with Crippen molar-refractivity contribution < 1.29 is 18.4 Å². The molecule has 1 aromatic heterocycles. The summed E-state index contributed by atoms with van der Waals surface area (Å²) in [6.45, 7) is 3.05. The van der Waals surface area contributed by atoms with Gasteiger partial charge in [-0.05, 0) is 36.4 Å². The number of amides is 2. The summed E-state index contributed by atoms with van der Waals surface area (Å²) in [5.41, 5.74) is 1.83. The van der Waals surface area contributed by atoms with Crippen molar-refractivity contribution in [3.05, 3.63) is 53.7 Å². The van der Waals surface area contributed by atoms with Gasteiger partial charge < -0.3 is 15.1 Å². The molecule has 0 unspecified atom stereocenters. The molecule has 0 aliphatic rings. The van der Waals surface area contributed by atoms with Gasteiger partial charge in [0.25, 0.3) is 5.91 Å². The van der Waals surface area contributed by atoms with Gasteiger partial charge >= 0.3 is 0 Å². The summed E-state index contributed by atoms with van der Waals surface area (Å²) >= 11 is 0. The summed E-state index contributed by atoms with van der Waals surface area (Å²) in [5, 5.41) is 5.12. The highest BCUT2D eigenvalue weighted by Gasteiger charge is 2.14. The lowest BCUT2D eigenvalue weighted by Crippen LogP contribution is -2.15. The van der Waals surface area contributed by atoms with E-state index in [1.54, 1.807) is 25.1 Å². The molecular formula is C17H14FN3O3. The zero-order valence-corrected chi connectivity index (χ0v) is 13.0. The van der Waals surface area contributed by atoms with Crippen LogP contribution in [0.25, 0.3) is 11.1 Å². The van der Waals surface area contributed by atoms with E-state index in [0.717, 1.165) is 6.07 Å². The molecule has 0 radical (unpaired) electrons. The number of fused-ring (bicyclic) bond motifs is 1. The van der Waals surface area contributed by atoms with Crippen LogP contribution >= 0.6 is 0 Å². The molecule has 6 nitrogen and oxygen atoms in total. The summed E-state index contributed by atoms with van der Waals surface area (Å²) in [6, 6.07) is 8.75. The molecule has 0 aliphatic carbocycles. The van der Waals surface area contributed by atoms with Crippen molar-refractivity contribution in [1.29, 1.82) is 0 Å². The molecule has 1 heterocycles. The zero-order valence-electron chi connectivity index (χ0n) is 13.0. The first-order valence-electron chi connectivity index (χ1n) is 7.18. The van der Waals surface area contributed by atoms with E-state index in [2.05, 4.69) is 15.6 Å². The second-order valence-electron chi connectivity index (χ2n) is 5.25. The average molecular weight is 327 g/mol. The first-order valence-corrected chi connectivity index (χ1v) is 7.18. The van der Waals surface area contributed by atoms with Crippen LogP contribution < -0.4 is 10.6 Å². The maximum absolute atomic E-state index is 13.9. The summed E-state index contributed by atoms with van der Waals surface area (Å²) < 4.78 is 19.3. The lowest BCUT2D eigenvalue weighted by molar-refractivity contribution is -0.114. The Balaban J connectivity index is 1.86. The van der Waals surface area contributed by atoms with Crippen LogP contribution in [-0.2, 0) is 4.79 Å². The Morgan fingerprint density at radius 3 is 2.54 bits per heavy atom. The van der Waals surface area contributed by atoms with E-state index in [0.29, 0.717) is 28.4 Å². The first kappa shape index (κ1) is 15.7. The number of aromatic nitrogens is 1. The third kappa shape index (κ3) is 3.24. The molecule has 0 aliphatic heterocycles. The van der Waals surface area contributed by atoms with Gasteiger partial charge in [0.2, 0.25) is 5.91 Å². The van der Waals surface area contributed by atoms with Crippen LogP contribution in [0.5, 0.6) is 0 Å². The van der Waals surface area contributed by atoms with Crippen LogP contribution in [0.2, 0.25) is 0 Å². The van der Waals surface area contributed by atoms with Crippen LogP contribution in [0.4, 0.5) is 15.8 Å². The number of rotatable bonds is 3. The van der Waals surface area contributed by atoms with Crippen molar-refractivity contribution >= 4 is 34.3 Å². The van der Waals surface area contributed by atoms with Crippen LogP contribution in [0.3, 0.4) is 0 Å². The molecule has 2 aromatic carbocycles. The predicted octanol–water partition coefficient (Wildman–Crippen LogP) is 3.49. The maximum Gasteiger partial charge on any atom is 0.258 e. The Labute approximate surface area is 136 Å². The number of carbonyl (C=O) groups excluding carboxylic acids is 2. The van der Waals surface area contributed by atoms with Crippen LogP contribution in [0, 0.1) is 12.7 Å². The molecule has 2 amide bonds. The Bertz CT molecular complexity index is 949. The van der Waals surface area contributed by atoms with E-state index < -0.39 is 11.7 Å². The van der Waals surface area contributed by atoms with Gasteiger partial charge in [0.05, 0.1) is 5.56 Å². The highest BCUT2D eigenvalue weighted by Crippen LogP contribution is 2.21. The SMILES string of the molecule is CC(=O)Nc1ccc(F)c(C(=O)Nc2ccc3oc(C)nc3c2)c1. The Kier molecular flexibility index (Phi) is 3.99. The third-order valence-electron chi connectivity index (χ3n) is 3.28. The number of oxazole rings is 1. The van der Waals surface area contributed by atoms with Crippen molar-refractivity contribution in [3.63, 3.8) is 0 Å². The predicted molar refractivity (Wildman–Crippen MR) is 87.4 cm³/mol. The summed E-state index contributed by atoms with van der Waals surface area (Å²) in [7, 11) is 0. The number of hydrogen-bond donors (Lipinski definition) is 2. The highest BCUT2D eigenvalue weighted by molar-refractivity contribution is 6.06. The number of nitrogens with one attached hydrogen (secondary N) is 2. The molecular weight excluding hydrogens is 313 g/mol. The highest BCUT2D eigenvalue weighted by atomic mass is 19.1. The molecule has 7 heteroatoms. The lowest BCUT2D eigenvalue weighted by atomic mass is 10.1. The lowest BCUT2D eigenvalue weighted by Gasteiger charge is -2.08. The van der Waals surface area contributed by atoms with E-state index in [1.165, 1.54) is 19.1 Å². The standard InChI is InChI=1S/C17H14FN3O3/c1-9(22)19-11-3-5-14(18)13(7-11)17(23)21-12-4-6-16-15(8-12)20-10(2)24-16/h3-8H,1-2H3,(H,19,22)(H,21,23). The molecule has 24 heavy (non-hydrogen) atoms. The molecule has 122 valence electrons. The Morgan fingerprint density at radius 2 is 1.79 bits per heavy atom. The van der Waals surface area contributed by atoms with E-state index in [-0.39, 0.29) is 11.5 Å². The number of aryl methyl sites for hydroxylation is 1. The summed E-state index contributed by atoms with van der Waals surface area (Å²) in [5.74, 6) is -1.10. The molecule has 0 saturated carbocycles. The molecule has 2 N–H and O–H groups in total. The summed E-state index contributed by atoms with van der Waals surface area (Å²) in [6.07, 6.45) is 0. The zero-order chi connectivity index (χ0) is 17.3. The van der Waals surface area contributed by atoms with Crippen molar-refractivity contribution in [2.24, 2.45) is 0 Å². The fourth-order valence-corrected chi connectivity index (χ4v) is 2.30. The maximum atomic E-state index is 13.9. The molecule has 0 spiro atoms. The van der Waals surface area contributed by atoms with Crippen molar-refractivity contribution in [2.75, 3.05) is 10.6 Å². The van der Waals surface area contributed by atoms with Crippen molar-refractivity contribution in [1.82, 2.24) is 4.98 Å². The van der Waals surface area contributed by atoms with Gasteiger partial charge in [-0.25, -0.2) is 9.37 Å².